The molecule has 5 heterocycles. The van der Waals surface area contributed by atoms with Gasteiger partial charge >= 0.3 is 0 Å². The zero-order valence-electron chi connectivity index (χ0n) is 25.5. The van der Waals surface area contributed by atoms with Gasteiger partial charge in [-0.3, -0.25) is 9.36 Å². The van der Waals surface area contributed by atoms with Crippen molar-refractivity contribution < 1.29 is 9.84 Å². The van der Waals surface area contributed by atoms with Gasteiger partial charge in [-0.15, -0.1) is 5.10 Å². The van der Waals surface area contributed by atoms with Gasteiger partial charge < -0.3 is 14.4 Å². The molecule has 6 aromatic rings. The van der Waals surface area contributed by atoms with E-state index in [-0.39, 0.29) is 0 Å². The average Bonchev–Trinajstić information content (AvgIpc) is 3.29. The number of aromatic nitrogens is 9. The molecule has 0 bridgehead atoms. The Labute approximate surface area is 249 Å². The van der Waals surface area contributed by atoms with Gasteiger partial charge in [-0.2, -0.15) is 10.2 Å². The molecule has 0 spiro atoms. The highest BCUT2D eigenvalue weighted by atomic mass is 16.5. The van der Waals surface area contributed by atoms with Crippen LogP contribution in [0.3, 0.4) is 0 Å². The summed E-state index contributed by atoms with van der Waals surface area (Å²) in [5.74, 6) is 1.88. The normalized spacial score (nSPS) is 13.9. The predicted molar refractivity (Wildman–Crippen MR) is 165 cm³/mol. The number of aryl methyl sites for hydroxylation is 3. The van der Waals surface area contributed by atoms with Crippen molar-refractivity contribution in [2.45, 2.75) is 64.5 Å². The Balaban J connectivity index is 1.35. The van der Waals surface area contributed by atoms with Gasteiger partial charge in [0.25, 0.3) is 5.88 Å². The molecule has 222 valence electrons. The van der Waals surface area contributed by atoms with Crippen LogP contribution in [0.2, 0.25) is 0 Å². The van der Waals surface area contributed by atoms with E-state index in [1.165, 1.54) is 5.69 Å². The van der Waals surface area contributed by atoms with Gasteiger partial charge in [0.15, 0.2) is 5.65 Å². The smallest absolute Gasteiger partial charge is 0.258 e. The predicted octanol–water partition coefficient (Wildman–Crippen LogP) is 5.18. The van der Waals surface area contributed by atoms with E-state index in [0.29, 0.717) is 24.8 Å². The van der Waals surface area contributed by atoms with Gasteiger partial charge in [0.05, 0.1) is 35.8 Å². The number of rotatable bonds is 9. The highest BCUT2D eigenvalue weighted by Crippen LogP contribution is 2.47. The fourth-order valence-electron chi connectivity index (χ4n) is 5.92. The Morgan fingerprint density at radius 2 is 1.84 bits per heavy atom. The van der Waals surface area contributed by atoms with Gasteiger partial charge in [0.1, 0.15) is 11.5 Å². The summed E-state index contributed by atoms with van der Waals surface area (Å²) in [6, 6.07) is 8.39. The van der Waals surface area contributed by atoms with Crippen LogP contribution in [0.5, 0.6) is 5.88 Å². The van der Waals surface area contributed by atoms with Crippen LogP contribution in [-0.2, 0) is 27.1 Å². The lowest BCUT2D eigenvalue weighted by atomic mass is 10.0. The Kier molecular flexibility index (Phi) is 6.39. The van der Waals surface area contributed by atoms with E-state index < -0.39 is 5.60 Å². The number of methoxy groups -OCH3 is 1. The first-order valence-corrected chi connectivity index (χ1v) is 14.9. The van der Waals surface area contributed by atoms with E-state index in [2.05, 4.69) is 40.9 Å². The van der Waals surface area contributed by atoms with E-state index >= 15 is 0 Å². The second kappa shape index (κ2) is 10.0. The van der Waals surface area contributed by atoms with Gasteiger partial charge in [-0.25, -0.2) is 14.6 Å². The molecular weight excluding hydrogens is 542 g/mol. The molecule has 0 unspecified atom stereocenters. The number of fused-ring (bicyclic) bond motifs is 2. The first kappa shape index (κ1) is 27.3. The first-order valence-electron chi connectivity index (χ1n) is 14.9. The summed E-state index contributed by atoms with van der Waals surface area (Å²) in [6.45, 7) is 6.29. The van der Waals surface area contributed by atoms with Crippen LogP contribution in [0, 0.1) is 0 Å². The Bertz CT molecular complexity index is 1980. The Morgan fingerprint density at radius 1 is 1.02 bits per heavy atom. The van der Waals surface area contributed by atoms with Crippen LogP contribution >= 0.6 is 0 Å². The highest BCUT2D eigenvalue weighted by Gasteiger charge is 2.33. The largest absolute Gasteiger partial charge is 0.478 e. The maximum atomic E-state index is 10.2. The number of aliphatic hydroxyl groups is 1. The number of pyridine rings is 1. The second-order valence-corrected chi connectivity index (χ2v) is 12.2. The van der Waals surface area contributed by atoms with Crippen molar-refractivity contribution in [2.75, 3.05) is 7.11 Å². The SMILES string of the molecule is CCc1nc2nn(C)cc2cc1-c1nc(-c2cccc3nn(-c4cn(CCC(C)(C)O)nc4OC)cc23)c(C2CC2)n1C. The second-order valence-electron chi connectivity index (χ2n) is 12.2. The van der Waals surface area contributed by atoms with Crippen LogP contribution in [0.1, 0.15) is 57.3 Å². The molecule has 0 radical (unpaired) electrons. The third-order valence-electron chi connectivity index (χ3n) is 8.28. The quantitative estimate of drug-likeness (QED) is 0.251. The molecule has 0 aliphatic heterocycles. The summed E-state index contributed by atoms with van der Waals surface area (Å²) in [7, 11) is 5.66. The van der Waals surface area contributed by atoms with Crippen molar-refractivity contribution in [3.8, 4) is 34.2 Å². The van der Waals surface area contributed by atoms with Gasteiger partial charge in [0.2, 0.25) is 0 Å². The van der Waals surface area contributed by atoms with Crippen molar-refractivity contribution >= 4 is 21.9 Å². The van der Waals surface area contributed by atoms with Crippen molar-refractivity contribution in [1.82, 2.24) is 43.9 Å². The van der Waals surface area contributed by atoms with Gasteiger partial charge in [0, 0.05) is 66.5 Å². The lowest BCUT2D eigenvalue weighted by Crippen LogP contribution is -2.21. The standard InChI is InChI=1S/C32H37N9O2/c1-7-24-22(15-20-16-38(4)36-29(20)33-24)30-34-27(28(39(30)5)19-11-12-19)21-9-8-10-25-23(21)17-41(35-25)26-18-40(37-31(26)43-6)14-13-32(2,3)42/h8-10,15-19,42H,7,11-14H2,1-6H3. The molecule has 1 aliphatic carbocycles. The lowest BCUT2D eigenvalue weighted by Gasteiger charge is -2.16. The molecule has 1 N–H and O–H groups in total. The molecule has 11 nitrogen and oxygen atoms in total. The van der Waals surface area contributed by atoms with Crippen molar-refractivity contribution in [3.63, 3.8) is 0 Å². The number of ether oxygens (including phenoxy) is 1. The average molecular weight is 580 g/mol. The van der Waals surface area contributed by atoms with Gasteiger partial charge in [-0.1, -0.05) is 19.1 Å². The molecule has 11 heteroatoms. The number of hydrogen-bond acceptors (Lipinski definition) is 7. The van der Waals surface area contributed by atoms with E-state index in [4.69, 9.17) is 19.8 Å². The van der Waals surface area contributed by atoms with Crippen LogP contribution in [0.4, 0.5) is 0 Å². The first-order chi connectivity index (χ1) is 20.6. The minimum atomic E-state index is -0.785. The number of nitrogens with zero attached hydrogens (tertiary/aromatic N) is 9. The topological polar surface area (TPSA) is 114 Å². The number of imidazole rings is 1. The van der Waals surface area contributed by atoms with Gasteiger partial charge in [-0.05, 0) is 51.7 Å². The third-order valence-corrected chi connectivity index (χ3v) is 8.28. The maximum absolute atomic E-state index is 10.2. The van der Waals surface area contributed by atoms with E-state index in [9.17, 15) is 5.11 Å². The van der Waals surface area contributed by atoms with Crippen molar-refractivity contribution in [3.05, 3.63) is 54.2 Å². The molecule has 7 rings (SSSR count). The van der Waals surface area contributed by atoms with E-state index in [1.54, 1.807) is 25.6 Å². The highest BCUT2D eigenvalue weighted by molar-refractivity contribution is 5.95. The van der Waals surface area contributed by atoms with Crippen LogP contribution < -0.4 is 4.74 Å². The lowest BCUT2D eigenvalue weighted by molar-refractivity contribution is 0.0650. The molecule has 1 aliphatic rings. The molecule has 1 fully saturated rings. The third kappa shape index (κ3) is 4.87. The monoisotopic (exact) mass is 579 g/mol. The zero-order valence-corrected chi connectivity index (χ0v) is 25.5. The van der Waals surface area contributed by atoms with Crippen LogP contribution in [-0.4, -0.2) is 61.7 Å². The fourth-order valence-corrected chi connectivity index (χ4v) is 5.92. The minimum absolute atomic E-state index is 0.473. The molecule has 0 saturated heterocycles. The summed E-state index contributed by atoms with van der Waals surface area (Å²) in [5, 5.41) is 26.2. The number of benzene rings is 1. The summed E-state index contributed by atoms with van der Waals surface area (Å²) < 4.78 is 13.3. The summed E-state index contributed by atoms with van der Waals surface area (Å²) >= 11 is 0. The molecular formula is C32H37N9O2. The van der Waals surface area contributed by atoms with Crippen molar-refractivity contribution in [1.29, 1.82) is 0 Å². The Morgan fingerprint density at radius 3 is 2.56 bits per heavy atom. The summed E-state index contributed by atoms with van der Waals surface area (Å²) in [6.07, 6.45) is 9.63. The number of hydrogen-bond donors (Lipinski definition) is 1. The van der Waals surface area contributed by atoms with Crippen LogP contribution in [0.15, 0.2) is 42.9 Å². The molecule has 1 aromatic carbocycles. The molecule has 0 amide bonds. The molecule has 5 aromatic heterocycles. The molecule has 43 heavy (non-hydrogen) atoms. The molecule has 1 saturated carbocycles. The minimum Gasteiger partial charge on any atom is -0.478 e. The summed E-state index contributed by atoms with van der Waals surface area (Å²) in [5.41, 5.74) is 6.92. The fraction of sp³-hybridized carbons (Fsp3) is 0.406. The Hall–Kier alpha value is -4.51. The maximum Gasteiger partial charge on any atom is 0.258 e. The molecule has 0 atom stereocenters. The van der Waals surface area contributed by atoms with E-state index in [1.807, 2.05) is 47.1 Å². The van der Waals surface area contributed by atoms with E-state index in [0.717, 1.165) is 75.2 Å². The summed E-state index contributed by atoms with van der Waals surface area (Å²) in [4.78, 5) is 10.2. The van der Waals surface area contributed by atoms with Crippen LogP contribution in [0.25, 0.3) is 50.3 Å². The zero-order chi connectivity index (χ0) is 30.0. The van der Waals surface area contributed by atoms with Crippen molar-refractivity contribution in [2.24, 2.45) is 14.1 Å².